The first-order valence-corrected chi connectivity index (χ1v) is 4.92. The van der Waals surface area contributed by atoms with E-state index >= 15 is 0 Å². The number of carbonyl (C=O) groups is 1. The van der Waals surface area contributed by atoms with Crippen LogP contribution in [-0.4, -0.2) is 36.4 Å². The van der Waals surface area contributed by atoms with E-state index in [0.29, 0.717) is 5.02 Å². The molecule has 2 rings (SSSR count). The van der Waals surface area contributed by atoms with Crippen molar-refractivity contribution < 1.29 is 15.0 Å². The van der Waals surface area contributed by atoms with E-state index in [0.717, 1.165) is 4.68 Å². The molecular weight excluding hydrogens is 248 g/mol. The number of carboxylic acid groups (broad SMARTS) is 1. The van der Waals surface area contributed by atoms with Crippen molar-refractivity contribution >= 4 is 17.6 Å². The molecule has 1 heterocycles. The van der Waals surface area contributed by atoms with Gasteiger partial charge in [0.15, 0.2) is 5.82 Å². The maximum Gasteiger partial charge on any atom is 0.325 e. The molecule has 88 valence electrons. The lowest BCUT2D eigenvalue weighted by molar-refractivity contribution is -0.137. The summed E-state index contributed by atoms with van der Waals surface area (Å²) >= 11 is 5.79. The second kappa shape index (κ2) is 4.38. The SMILES string of the molecule is O=C(O)Cn1nnnc1-c1cc(Cl)ccc1O. The van der Waals surface area contributed by atoms with Crippen molar-refractivity contribution in [2.24, 2.45) is 0 Å². The average molecular weight is 255 g/mol. The lowest BCUT2D eigenvalue weighted by Gasteiger charge is -2.04. The molecular formula is C9H7ClN4O3. The highest BCUT2D eigenvalue weighted by Gasteiger charge is 2.15. The van der Waals surface area contributed by atoms with Crippen molar-refractivity contribution in [2.75, 3.05) is 0 Å². The highest BCUT2D eigenvalue weighted by atomic mass is 35.5. The quantitative estimate of drug-likeness (QED) is 0.839. The number of phenolic OH excluding ortho intramolecular Hbond substituents is 1. The first kappa shape index (κ1) is 11.3. The van der Waals surface area contributed by atoms with Crippen LogP contribution in [-0.2, 0) is 11.3 Å². The summed E-state index contributed by atoms with van der Waals surface area (Å²) in [7, 11) is 0. The largest absolute Gasteiger partial charge is 0.507 e. The number of tetrazole rings is 1. The van der Waals surface area contributed by atoms with E-state index in [1.807, 2.05) is 0 Å². The van der Waals surface area contributed by atoms with Gasteiger partial charge in [0.2, 0.25) is 0 Å². The van der Waals surface area contributed by atoms with Crippen molar-refractivity contribution in [3.63, 3.8) is 0 Å². The number of phenols is 1. The van der Waals surface area contributed by atoms with Gasteiger partial charge in [0, 0.05) is 5.02 Å². The third-order valence-electron chi connectivity index (χ3n) is 2.02. The fraction of sp³-hybridized carbons (Fsp3) is 0.111. The van der Waals surface area contributed by atoms with Crippen molar-refractivity contribution in [3.8, 4) is 17.1 Å². The second-order valence-electron chi connectivity index (χ2n) is 3.22. The standard InChI is InChI=1S/C9H7ClN4O3/c10-5-1-2-7(15)6(3-5)9-11-12-13-14(9)4-8(16)17/h1-3,15H,4H2,(H,16,17). The van der Waals surface area contributed by atoms with Gasteiger partial charge in [-0.2, -0.15) is 0 Å². The van der Waals surface area contributed by atoms with Gasteiger partial charge in [0.1, 0.15) is 12.3 Å². The van der Waals surface area contributed by atoms with Crippen LogP contribution in [0, 0.1) is 0 Å². The molecule has 0 atom stereocenters. The molecule has 17 heavy (non-hydrogen) atoms. The number of aromatic nitrogens is 4. The monoisotopic (exact) mass is 254 g/mol. The summed E-state index contributed by atoms with van der Waals surface area (Å²) < 4.78 is 1.06. The Morgan fingerprint density at radius 3 is 2.94 bits per heavy atom. The van der Waals surface area contributed by atoms with Crippen molar-refractivity contribution in [1.82, 2.24) is 20.2 Å². The van der Waals surface area contributed by atoms with E-state index in [-0.39, 0.29) is 17.1 Å². The van der Waals surface area contributed by atoms with Gasteiger partial charge in [0.05, 0.1) is 5.56 Å². The minimum Gasteiger partial charge on any atom is -0.507 e. The molecule has 0 aliphatic carbocycles. The zero-order chi connectivity index (χ0) is 12.4. The summed E-state index contributed by atoms with van der Waals surface area (Å²) in [6.07, 6.45) is 0. The number of aliphatic carboxylic acids is 1. The van der Waals surface area contributed by atoms with Crippen LogP contribution in [0.4, 0.5) is 0 Å². The van der Waals surface area contributed by atoms with Gasteiger partial charge in [-0.15, -0.1) is 5.10 Å². The lowest BCUT2D eigenvalue weighted by Crippen LogP contribution is -2.11. The molecule has 0 aliphatic heterocycles. The predicted molar refractivity (Wildman–Crippen MR) is 57.6 cm³/mol. The molecule has 2 N–H and O–H groups in total. The van der Waals surface area contributed by atoms with E-state index in [1.165, 1.54) is 18.2 Å². The van der Waals surface area contributed by atoms with Crippen LogP contribution in [0.25, 0.3) is 11.4 Å². The van der Waals surface area contributed by atoms with Gasteiger partial charge in [-0.05, 0) is 28.6 Å². The van der Waals surface area contributed by atoms with Crippen LogP contribution in [0.15, 0.2) is 18.2 Å². The molecule has 0 spiro atoms. The molecule has 1 aromatic heterocycles. The number of carboxylic acids is 1. The molecule has 0 saturated carbocycles. The summed E-state index contributed by atoms with van der Waals surface area (Å²) in [5.41, 5.74) is 0.281. The van der Waals surface area contributed by atoms with Gasteiger partial charge in [-0.25, -0.2) is 4.68 Å². The van der Waals surface area contributed by atoms with Crippen LogP contribution in [0.2, 0.25) is 5.02 Å². The zero-order valence-electron chi connectivity index (χ0n) is 8.41. The summed E-state index contributed by atoms with van der Waals surface area (Å²) in [5, 5.41) is 29.3. The highest BCUT2D eigenvalue weighted by molar-refractivity contribution is 6.30. The molecule has 0 amide bonds. The van der Waals surface area contributed by atoms with Gasteiger partial charge in [-0.1, -0.05) is 11.6 Å². The second-order valence-corrected chi connectivity index (χ2v) is 3.65. The summed E-state index contributed by atoms with van der Waals surface area (Å²) in [5.74, 6) is -1.01. The zero-order valence-corrected chi connectivity index (χ0v) is 9.16. The molecule has 8 heteroatoms. The van der Waals surface area contributed by atoms with Crippen molar-refractivity contribution in [2.45, 2.75) is 6.54 Å². The number of nitrogens with zero attached hydrogens (tertiary/aromatic N) is 4. The van der Waals surface area contributed by atoms with E-state index in [2.05, 4.69) is 15.5 Å². The first-order valence-electron chi connectivity index (χ1n) is 4.55. The maximum absolute atomic E-state index is 10.6. The smallest absolute Gasteiger partial charge is 0.325 e. The third-order valence-corrected chi connectivity index (χ3v) is 2.25. The molecule has 0 bridgehead atoms. The Balaban J connectivity index is 2.49. The normalized spacial score (nSPS) is 10.4. The summed E-state index contributed by atoms with van der Waals surface area (Å²) in [6, 6.07) is 4.35. The van der Waals surface area contributed by atoms with Crippen LogP contribution in [0.1, 0.15) is 0 Å². The van der Waals surface area contributed by atoms with Crippen LogP contribution in [0.5, 0.6) is 5.75 Å². The van der Waals surface area contributed by atoms with Crippen molar-refractivity contribution in [3.05, 3.63) is 23.2 Å². The van der Waals surface area contributed by atoms with Gasteiger partial charge in [-0.3, -0.25) is 4.79 Å². The topological polar surface area (TPSA) is 101 Å². The number of aromatic hydroxyl groups is 1. The number of hydrogen-bond acceptors (Lipinski definition) is 5. The molecule has 1 aromatic carbocycles. The van der Waals surface area contributed by atoms with E-state index < -0.39 is 12.5 Å². The van der Waals surface area contributed by atoms with Crippen LogP contribution >= 0.6 is 11.6 Å². The van der Waals surface area contributed by atoms with E-state index in [9.17, 15) is 9.90 Å². The minimum absolute atomic E-state index is 0.0733. The van der Waals surface area contributed by atoms with Gasteiger partial charge < -0.3 is 10.2 Å². The lowest BCUT2D eigenvalue weighted by atomic mass is 10.2. The van der Waals surface area contributed by atoms with Crippen LogP contribution in [0.3, 0.4) is 0 Å². The Kier molecular flexibility index (Phi) is 2.92. The number of halogens is 1. The molecule has 0 saturated heterocycles. The molecule has 0 fully saturated rings. The van der Waals surface area contributed by atoms with Crippen LogP contribution < -0.4 is 0 Å². The van der Waals surface area contributed by atoms with Crippen molar-refractivity contribution in [1.29, 1.82) is 0 Å². The Bertz CT molecular complexity index is 569. The summed E-state index contributed by atoms with van der Waals surface area (Å²) in [4.78, 5) is 10.6. The molecule has 0 unspecified atom stereocenters. The van der Waals surface area contributed by atoms with Gasteiger partial charge >= 0.3 is 5.97 Å². The number of benzene rings is 1. The maximum atomic E-state index is 10.6. The third kappa shape index (κ3) is 2.34. The van der Waals surface area contributed by atoms with E-state index in [4.69, 9.17) is 16.7 Å². The molecule has 0 radical (unpaired) electrons. The Hall–Kier alpha value is -2.15. The Morgan fingerprint density at radius 2 is 2.24 bits per heavy atom. The van der Waals surface area contributed by atoms with Gasteiger partial charge in [0.25, 0.3) is 0 Å². The summed E-state index contributed by atoms with van der Waals surface area (Å²) in [6.45, 7) is -0.395. The minimum atomic E-state index is -1.08. The Labute approximate surface area is 100 Å². The predicted octanol–water partition coefficient (Wildman–Crippen LogP) is 0.784. The first-order chi connectivity index (χ1) is 8.08. The molecule has 0 aliphatic rings. The molecule has 2 aromatic rings. The van der Waals surface area contributed by atoms with E-state index in [1.54, 1.807) is 0 Å². The Morgan fingerprint density at radius 1 is 1.47 bits per heavy atom. The highest BCUT2D eigenvalue weighted by Crippen LogP contribution is 2.29. The number of rotatable bonds is 3. The molecule has 7 nitrogen and oxygen atoms in total. The fourth-order valence-corrected chi connectivity index (χ4v) is 1.49. The fourth-order valence-electron chi connectivity index (χ4n) is 1.32. The number of hydrogen-bond donors (Lipinski definition) is 2. The average Bonchev–Trinajstić information content (AvgIpc) is 2.69.